The minimum absolute atomic E-state index is 0. The highest BCUT2D eigenvalue weighted by Gasteiger charge is 2.28. The van der Waals surface area contributed by atoms with E-state index in [9.17, 15) is 5.11 Å². The van der Waals surface area contributed by atoms with Gasteiger partial charge in [0.2, 0.25) is 0 Å². The second-order valence-corrected chi connectivity index (χ2v) is 6.32. The molecule has 0 radical (unpaired) electrons. The lowest BCUT2D eigenvalue weighted by molar-refractivity contribution is -0.0662. The van der Waals surface area contributed by atoms with Gasteiger partial charge in [-0.1, -0.05) is 6.07 Å². The first kappa shape index (κ1) is 18.5. The molecule has 0 saturated carbocycles. The molecule has 0 bridgehead atoms. The summed E-state index contributed by atoms with van der Waals surface area (Å²) in [5, 5.41) is 13.5. The molecule has 0 amide bonds. The van der Waals surface area contributed by atoms with E-state index in [0.717, 1.165) is 12.1 Å². The number of nitrogens with zero attached hydrogens (tertiary/aromatic N) is 1. The van der Waals surface area contributed by atoms with Gasteiger partial charge in [0, 0.05) is 25.4 Å². The van der Waals surface area contributed by atoms with Crippen LogP contribution in [-0.2, 0) is 17.6 Å². The summed E-state index contributed by atoms with van der Waals surface area (Å²) in [6.45, 7) is 1.78. The predicted molar refractivity (Wildman–Crippen MR) is 104 cm³/mol. The number of nitrogens with one attached hydrogen (secondary N) is 1. The minimum Gasteiger partial charge on any atom is -0.390 e. The maximum absolute atomic E-state index is 10.4. The first-order valence-electron chi connectivity index (χ1n) is 8.14. The van der Waals surface area contributed by atoms with Crippen molar-refractivity contribution in [2.24, 2.45) is 10.7 Å². The highest BCUT2D eigenvalue weighted by molar-refractivity contribution is 14.0. The molecule has 1 fully saturated rings. The topological polar surface area (TPSA) is 79.9 Å². The molecule has 0 atom stereocenters. The number of benzene rings is 1. The van der Waals surface area contributed by atoms with E-state index in [1.165, 1.54) is 24.0 Å². The molecule has 23 heavy (non-hydrogen) atoms. The largest absolute Gasteiger partial charge is 0.390 e. The number of anilines is 1. The van der Waals surface area contributed by atoms with Gasteiger partial charge in [0.25, 0.3) is 0 Å². The van der Waals surface area contributed by atoms with Crippen molar-refractivity contribution in [2.45, 2.75) is 44.1 Å². The van der Waals surface area contributed by atoms with Crippen LogP contribution in [0.2, 0.25) is 0 Å². The Balaban J connectivity index is 0.00000192. The van der Waals surface area contributed by atoms with Crippen molar-refractivity contribution in [1.82, 2.24) is 0 Å². The molecule has 4 N–H and O–H groups in total. The van der Waals surface area contributed by atoms with Crippen LogP contribution in [0.4, 0.5) is 5.69 Å². The number of halogens is 1. The summed E-state index contributed by atoms with van der Waals surface area (Å²) in [5.74, 6) is 0.411. The molecule has 1 aromatic carbocycles. The maximum Gasteiger partial charge on any atom is 0.193 e. The third-order valence-electron chi connectivity index (χ3n) is 4.65. The van der Waals surface area contributed by atoms with Crippen molar-refractivity contribution in [1.29, 1.82) is 0 Å². The standard InChI is InChI=1S/C17H25N3O2.HI/c18-16(19-9-6-17(21)7-10-22-11-8-17)20-15-5-4-13-2-1-3-14(13)12-15;/h4-5,12,21H,1-3,6-11H2,(H3,18,19,20);1H. The summed E-state index contributed by atoms with van der Waals surface area (Å²) in [5.41, 5.74) is 9.15. The average Bonchev–Trinajstić information content (AvgIpc) is 2.95. The Bertz CT molecular complexity index is 557. The summed E-state index contributed by atoms with van der Waals surface area (Å²) in [6.07, 6.45) is 5.56. The number of guanidine groups is 1. The molecular formula is C17H26IN3O2. The fraction of sp³-hybridized carbons (Fsp3) is 0.588. The van der Waals surface area contributed by atoms with Crippen molar-refractivity contribution in [3.8, 4) is 0 Å². The number of rotatable bonds is 4. The van der Waals surface area contributed by atoms with Gasteiger partial charge in [-0.05, 0) is 61.8 Å². The molecule has 1 aliphatic heterocycles. The Labute approximate surface area is 154 Å². The number of aryl methyl sites for hydroxylation is 2. The fourth-order valence-electron chi connectivity index (χ4n) is 3.22. The van der Waals surface area contributed by atoms with Gasteiger partial charge in [-0.15, -0.1) is 24.0 Å². The summed E-state index contributed by atoms with van der Waals surface area (Å²) in [7, 11) is 0. The normalized spacial score (nSPS) is 19.8. The van der Waals surface area contributed by atoms with Gasteiger partial charge < -0.3 is 20.9 Å². The van der Waals surface area contributed by atoms with E-state index in [4.69, 9.17) is 10.5 Å². The lowest BCUT2D eigenvalue weighted by Crippen LogP contribution is -2.37. The molecule has 3 rings (SSSR count). The van der Waals surface area contributed by atoms with E-state index in [1.54, 1.807) is 0 Å². The predicted octanol–water partition coefficient (Wildman–Crippen LogP) is 2.45. The Morgan fingerprint density at radius 1 is 1.26 bits per heavy atom. The third kappa shape index (κ3) is 5.06. The number of aliphatic hydroxyl groups is 1. The van der Waals surface area contributed by atoms with Crippen LogP contribution in [0.1, 0.15) is 36.8 Å². The molecule has 0 aromatic heterocycles. The molecule has 1 aromatic rings. The lowest BCUT2D eigenvalue weighted by Gasteiger charge is -2.31. The first-order valence-corrected chi connectivity index (χ1v) is 8.14. The summed E-state index contributed by atoms with van der Waals surface area (Å²) >= 11 is 0. The monoisotopic (exact) mass is 431 g/mol. The molecule has 2 aliphatic rings. The van der Waals surface area contributed by atoms with Crippen LogP contribution in [-0.4, -0.2) is 36.4 Å². The van der Waals surface area contributed by atoms with Crippen molar-refractivity contribution < 1.29 is 9.84 Å². The van der Waals surface area contributed by atoms with Crippen LogP contribution in [0, 0.1) is 0 Å². The van der Waals surface area contributed by atoms with Crippen molar-refractivity contribution >= 4 is 35.6 Å². The molecule has 128 valence electrons. The Kier molecular flexibility index (Phi) is 6.67. The van der Waals surface area contributed by atoms with Crippen LogP contribution < -0.4 is 11.1 Å². The maximum atomic E-state index is 10.4. The van der Waals surface area contributed by atoms with Crippen LogP contribution in [0.3, 0.4) is 0 Å². The van der Waals surface area contributed by atoms with E-state index >= 15 is 0 Å². The fourth-order valence-corrected chi connectivity index (χ4v) is 3.22. The van der Waals surface area contributed by atoms with Gasteiger partial charge in [0.05, 0.1) is 5.60 Å². The second kappa shape index (κ2) is 8.30. The van der Waals surface area contributed by atoms with E-state index in [0.29, 0.717) is 45.0 Å². The molecular weight excluding hydrogens is 405 g/mol. The van der Waals surface area contributed by atoms with Gasteiger partial charge in [0.15, 0.2) is 5.96 Å². The second-order valence-electron chi connectivity index (χ2n) is 6.32. The van der Waals surface area contributed by atoms with Crippen molar-refractivity contribution in [2.75, 3.05) is 25.1 Å². The average molecular weight is 431 g/mol. The third-order valence-corrected chi connectivity index (χ3v) is 4.65. The molecule has 6 heteroatoms. The van der Waals surface area contributed by atoms with Crippen LogP contribution in [0.15, 0.2) is 23.2 Å². The van der Waals surface area contributed by atoms with Gasteiger partial charge in [-0.3, -0.25) is 4.99 Å². The van der Waals surface area contributed by atoms with Crippen molar-refractivity contribution in [3.63, 3.8) is 0 Å². The highest BCUT2D eigenvalue weighted by atomic mass is 127. The SMILES string of the molecule is I.NC(=NCCC1(O)CCOCC1)Nc1ccc2c(c1)CCC2. The Morgan fingerprint density at radius 3 is 2.78 bits per heavy atom. The quantitative estimate of drug-likeness (QED) is 0.389. The summed E-state index contributed by atoms with van der Waals surface area (Å²) < 4.78 is 5.28. The molecule has 0 unspecified atom stereocenters. The smallest absolute Gasteiger partial charge is 0.193 e. The summed E-state index contributed by atoms with van der Waals surface area (Å²) in [4.78, 5) is 4.33. The number of aliphatic imine (C=N–C) groups is 1. The van der Waals surface area contributed by atoms with E-state index < -0.39 is 5.60 Å². The van der Waals surface area contributed by atoms with Gasteiger partial charge in [-0.2, -0.15) is 0 Å². The number of nitrogens with two attached hydrogens (primary N) is 1. The lowest BCUT2D eigenvalue weighted by atomic mass is 9.91. The number of ether oxygens (including phenoxy) is 1. The zero-order valence-electron chi connectivity index (χ0n) is 13.4. The number of fused-ring (bicyclic) bond motifs is 1. The Hall–Kier alpha value is -0.860. The molecule has 0 spiro atoms. The minimum atomic E-state index is -0.643. The molecule has 1 saturated heterocycles. The first-order chi connectivity index (χ1) is 10.6. The zero-order chi connectivity index (χ0) is 15.4. The summed E-state index contributed by atoms with van der Waals surface area (Å²) in [6, 6.07) is 6.39. The molecule has 1 aliphatic carbocycles. The van der Waals surface area contributed by atoms with Crippen molar-refractivity contribution in [3.05, 3.63) is 29.3 Å². The van der Waals surface area contributed by atoms with Crippen LogP contribution in [0.5, 0.6) is 0 Å². The molecule has 1 heterocycles. The van der Waals surface area contributed by atoms with Gasteiger partial charge >= 0.3 is 0 Å². The van der Waals surface area contributed by atoms with Gasteiger partial charge in [0.1, 0.15) is 0 Å². The van der Waals surface area contributed by atoms with E-state index in [1.807, 2.05) is 0 Å². The van der Waals surface area contributed by atoms with E-state index in [-0.39, 0.29) is 24.0 Å². The zero-order valence-corrected chi connectivity index (χ0v) is 15.7. The van der Waals surface area contributed by atoms with Crippen LogP contribution in [0.25, 0.3) is 0 Å². The van der Waals surface area contributed by atoms with E-state index in [2.05, 4.69) is 28.5 Å². The number of hydrogen-bond donors (Lipinski definition) is 3. The number of hydrogen-bond acceptors (Lipinski definition) is 3. The Morgan fingerprint density at radius 2 is 2.00 bits per heavy atom. The van der Waals surface area contributed by atoms with Gasteiger partial charge in [-0.25, -0.2) is 0 Å². The van der Waals surface area contributed by atoms with Crippen LogP contribution >= 0.6 is 24.0 Å². The highest BCUT2D eigenvalue weighted by Crippen LogP contribution is 2.25. The molecule has 5 nitrogen and oxygen atoms in total.